The number of halogens is 4. The first-order valence-electron chi connectivity index (χ1n) is 7.62. The number of carbonyl (C=O) groups excluding carboxylic acids is 1. The highest BCUT2D eigenvalue weighted by atomic mass is 127. The van der Waals surface area contributed by atoms with E-state index in [4.69, 9.17) is 11.5 Å². The Bertz CT molecular complexity index is 999. The number of nitrogens with two attached hydrogens (primary N) is 2. The lowest BCUT2D eigenvalue weighted by atomic mass is 10.1. The molecular weight excluding hydrogens is 474 g/mol. The van der Waals surface area contributed by atoms with Crippen molar-refractivity contribution in [2.75, 3.05) is 5.73 Å². The number of hydrogen-bond acceptors (Lipinski definition) is 4. The zero-order valence-electron chi connectivity index (χ0n) is 13.7. The molecule has 4 N–H and O–H groups in total. The molecule has 3 rings (SSSR count). The molecule has 0 spiro atoms. The number of aromatic nitrogens is 3. The average molecular weight is 487 g/mol. The van der Waals surface area contributed by atoms with Gasteiger partial charge in [-0.25, -0.2) is 4.68 Å². The van der Waals surface area contributed by atoms with Gasteiger partial charge in [0.25, 0.3) is 5.91 Å². The fraction of sp³-hybridized carbons (Fsp3) is 0.118. The maximum absolute atomic E-state index is 12.7. The SMILES string of the molecule is NC(=O)c1c(Cc2ccc(C(F)(F)F)cn2)nn(-c2ccccc2I)c1N. The van der Waals surface area contributed by atoms with Crippen LogP contribution in [0, 0.1) is 3.57 Å². The van der Waals surface area contributed by atoms with Crippen molar-refractivity contribution in [1.29, 1.82) is 0 Å². The Hall–Kier alpha value is -2.63. The average Bonchev–Trinajstić information content (AvgIpc) is 2.91. The summed E-state index contributed by atoms with van der Waals surface area (Å²) in [5, 5.41) is 4.35. The van der Waals surface area contributed by atoms with E-state index in [1.54, 1.807) is 12.1 Å². The third-order valence-electron chi connectivity index (χ3n) is 3.82. The third-order valence-corrected chi connectivity index (χ3v) is 4.73. The van der Waals surface area contributed by atoms with Crippen LogP contribution in [0.1, 0.15) is 27.3 Å². The van der Waals surface area contributed by atoms with Gasteiger partial charge in [0.05, 0.1) is 16.9 Å². The molecule has 0 saturated carbocycles. The van der Waals surface area contributed by atoms with Gasteiger partial charge in [-0.15, -0.1) is 0 Å². The van der Waals surface area contributed by atoms with E-state index in [9.17, 15) is 18.0 Å². The lowest BCUT2D eigenvalue weighted by molar-refractivity contribution is -0.137. The van der Waals surface area contributed by atoms with Gasteiger partial charge in [-0.1, -0.05) is 12.1 Å². The summed E-state index contributed by atoms with van der Waals surface area (Å²) < 4.78 is 40.2. The summed E-state index contributed by atoms with van der Waals surface area (Å²) >= 11 is 2.10. The van der Waals surface area contributed by atoms with E-state index in [1.807, 2.05) is 12.1 Å². The van der Waals surface area contributed by atoms with Crippen LogP contribution < -0.4 is 11.5 Å². The molecule has 1 aromatic carbocycles. The predicted octanol–water partition coefficient (Wildman–Crippen LogP) is 3.16. The normalized spacial score (nSPS) is 11.6. The minimum absolute atomic E-state index is 0.0109. The number of alkyl halides is 3. The van der Waals surface area contributed by atoms with Crippen molar-refractivity contribution in [2.45, 2.75) is 12.6 Å². The molecule has 0 aliphatic rings. The second-order valence-electron chi connectivity index (χ2n) is 5.65. The van der Waals surface area contributed by atoms with Crippen molar-refractivity contribution in [3.63, 3.8) is 0 Å². The smallest absolute Gasteiger partial charge is 0.383 e. The molecule has 6 nitrogen and oxygen atoms in total. The molecule has 0 fully saturated rings. The van der Waals surface area contributed by atoms with Crippen molar-refractivity contribution in [3.8, 4) is 5.69 Å². The number of carbonyl (C=O) groups is 1. The maximum atomic E-state index is 12.7. The Morgan fingerprint density at radius 1 is 1.19 bits per heavy atom. The minimum Gasteiger partial charge on any atom is -0.383 e. The summed E-state index contributed by atoms with van der Waals surface area (Å²) in [4.78, 5) is 15.7. The fourth-order valence-electron chi connectivity index (χ4n) is 2.55. The van der Waals surface area contributed by atoms with Gasteiger partial charge in [0, 0.05) is 21.9 Å². The van der Waals surface area contributed by atoms with Gasteiger partial charge in [-0.2, -0.15) is 18.3 Å². The molecule has 0 aliphatic carbocycles. The predicted molar refractivity (Wildman–Crippen MR) is 101 cm³/mol. The quantitative estimate of drug-likeness (QED) is 0.553. The van der Waals surface area contributed by atoms with Gasteiger partial charge in [0.15, 0.2) is 0 Å². The number of benzene rings is 1. The standard InChI is InChI=1S/C17H13F3IN5O/c18-17(19,20)9-5-6-10(24-8-9)7-12-14(16(23)27)15(22)26(25-12)13-4-2-1-3-11(13)21/h1-6,8H,7,22H2,(H2,23,27). The van der Waals surface area contributed by atoms with E-state index in [2.05, 4.69) is 32.7 Å². The number of para-hydroxylation sites is 1. The molecule has 0 radical (unpaired) electrons. The van der Waals surface area contributed by atoms with Gasteiger partial charge in [0.2, 0.25) is 0 Å². The number of primary amides is 1. The van der Waals surface area contributed by atoms with Crippen LogP contribution in [0.15, 0.2) is 42.6 Å². The molecule has 0 bridgehead atoms. The highest BCUT2D eigenvalue weighted by Gasteiger charge is 2.31. The fourth-order valence-corrected chi connectivity index (χ4v) is 3.16. The number of hydrogen-bond donors (Lipinski definition) is 2. The van der Waals surface area contributed by atoms with Gasteiger partial charge in [-0.3, -0.25) is 9.78 Å². The summed E-state index contributed by atoms with van der Waals surface area (Å²) in [7, 11) is 0. The molecule has 0 saturated heterocycles. The zero-order valence-corrected chi connectivity index (χ0v) is 15.8. The van der Waals surface area contributed by atoms with Crippen LogP contribution in [-0.2, 0) is 12.6 Å². The van der Waals surface area contributed by atoms with E-state index in [-0.39, 0.29) is 23.5 Å². The molecule has 0 atom stereocenters. The lowest BCUT2D eigenvalue weighted by Crippen LogP contribution is -2.15. The summed E-state index contributed by atoms with van der Waals surface area (Å²) in [6.45, 7) is 0. The highest BCUT2D eigenvalue weighted by molar-refractivity contribution is 14.1. The second kappa shape index (κ2) is 7.18. The number of nitrogen functional groups attached to an aromatic ring is 1. The number of rotatable bonds is 4. The molecule has 1 amide bonds. The summed E-state index contributed by atoms with van der Waals surface area (Å²) in [6.07, 6.45) is -3.73. The molecular formula is C17H13F3IN5O. The number of anilines is 1. The van der Waals surface area contributed by atoms with E-state index in [0.717, 1.165) is 15.8 Å². The minimum atomic E-state index is -4.47. The van der Waals surface area contributed by atoms with E-state index < -0.39 is 17.6 Å². The van der Waals surface area contributed by atoms with Crippen molar-refractivity contribution in [1.82, 2.24) is 14.8 Å². The summed E-state index contributed by atoms with van der Waals surface area (Å²) in [5.41, 5.74) is 11.9. The molecule has 10 heteroatoms. The highest BCUT2D eigenvalue weighted by Crippen LogP contribution is 2.29. The summed E-state index contributed by atoms with van der Waals surface area (Å²) in [6, 6.07) is 9.41. The van der Waals surface area contributed by atoms with Crippen LogP contribution in [0.2, 0.25) is 0 Å². The van der Waals surface area contributed by atoms with Gasteiger partial charge >= 0.3 is 6.18 Å². The molecule has 2 aromatic heterocycles. The largest absolute Gasteiger partial charge is 0.417 e. The first kappa shape index (κ1) is 19.1. The molecule has 0 unspecified atom stereocenters. The molecule has 2 heterocycles. The van der Waals surface area contributed by atoms with Crippen LogP contribution in [0.5, 0.6) is 0 Å². The Balaban J connectivity index is 2.02. The molecule has 140 valence electrons. The lowest BCUT2D eigenvalue weighted by Gasteiger charge is -2.06. The molecule has 3 aromatic rings. The Kier molecular flexibility index (Phi) is 5.09. The monoisotopic (exact) mass is 487 g/mol. The topological polar surface area (TPSA) is 99.8 Å². The second-order valence-corrected chi connectivity index (χ2v) is 6.81. The van der Waals surface area contributed by atoms with Gasteiger partial charge in [0.1, 0.15) is 11.4 Å². The van der Waals surface area contributed by atoms with Crippen LogP contribution >= 0.6 is 22.6 Å². The number of pyridine rings is 1. The Labute approximate surface area is 165 Å². The van der Waals surface area contributed by atoms with Crippen LogP contribution in [-0.4, -0.2) is 20.7 Å². The number of amides is 1. The van der Waals surface area contributed by atoms with Crippen molar-refractivity contribution >= 4 is 34.3 Å². The number of nitrogens with zero attached hydrogens (tertiary/aromatic N) is 3. The molecule has 27 heavy (non-hydrogen) atoms. The maximum Gasteiger partial charge on any atom is 0.417 e. The molecule has 0 aliphatic heterocycles. The first-order chi connectivity index (χ1) is 12.7. The Morgan fingerprint density at radius 3 is 2.44 bits per heavy atom. The van der Waals surface area contributed by atoms with Crippen LogP contribution in [0.3, 0.4) is 0 Å². The van der Waals surface area contributed by atoms with Gasteiger partial charge in [-0.05, 0) is 46.9 Å². The van der Waals surface area contributed by atoms with Crippen LogP contribution in [0.25, 0.3) is 5.69 Å². The van der Waals surface area contributed by atoms with Crippen molar-refractivity contribution < 1.29 is 18.0 Å². The van der Waals surface area contributed by atoms with Gasteiger partial charge < -0.3 is 11.5 Å². The van der Waals surface area contributed by atoms with E-state index >= 15 is 0 Å². The van der Waals surface area contributed by atoms with E-state index in [0.29, 0.717) is 11.4 Å². The zero-order chi connectivity index (χ0) is 19.8. The Morgan fingerprint density at radius 2 is 1.89 bits per heavy atom. The van der Waals surface area contributed by atoms with E-state index in [1.165, 1.54) is 10.7 Å². The van der Waals surface area contributed by atoms with Crippen molar-refractivity contribution in [3.05, 3.63) is 68.7 Å². The summed E-state index contributed by atoms with van der Waals surface area (Å²) in [5.74, 6) is -0.708. The third kappa shape index (κ3) is 3.89. The van der Waals surface area contributed by atoms with Crippen molar-refractivity contribution in [2.24, 2.45) is 5.73 Å². The first-order valence-corrected chi connectivity index (χ1v) is 8.70. The van der Waals surface area contributed by atoms with Crippen LogP contribution in [0.4, 0.5) is 19.0 Å².